The Hall–Kier alpha value is -4.89. The van der Waals surface area contributed by atoms with Crippen LogP contribution in [0.4, 0.5) is 30.7 Å². The maximum Gasteiger partial charge on any atom is 0.417 e. The molecule has 232 valence electrons. The molecule has 3 aromatic carbocycles. The Morgan fingerprint density at radius 2 is 1.51 bits per heavy atom. The van der Waals surface area contributed by atoms with Crippen LogP contribution >= 0.6 is 0 Å². The minimum Gasteiger partial charge on any atom is -0.306 e. The number of aromatic nitrogens is 3. The average molecular weight is 649 g/mol. The number of pyridine rings is 1. The van der Waals surface area contributed by atoms with E-state index in [1.165, 1.54) is 18.2 Å². The lowest BCUT2D eigenvalue weighted by molar-refractivity contribution is -0.138. The Labute approximate surface area is 250 Å². The summed E-state index contributed by atoms with van der Waals surface area (Å²) >= 11 is 0. The fourth-order valence-corrected chi connectivity index (χ4v) is 5.21. The van der Waals surface area contributed by atoms with Gasteiger partial charge in [0.05, 0.1) is 33.0 Å². The van der Waals surface area contributed by atoms with Crippen LogP contribution < -0.4 is 10.7 Å². The third-order valence-corrected chi connectivity index (χ3v) is 7.64. The van der Waals surface area contributed by atoms with Crippen LogP contribution in [0, 0.1) is 5.82 Å². The Bertz CT molecular complexity index is 2060. The maximum atomic E-state index is 16.2. The zero-order chi connectivity index (χ0) is 32.7. The molecule has 15 heteroatoms. The van der Waals surface area contributed by atoms with Gasteiger partial charge in [-0.1, -0.05) is 42.5 Å². The first-order valence-electron chi connectivity index (χ1n) is 12.8. The van der Waals surface area contributed by atoms with E-state index in [0.717, 1.165) is 18.2 Å². The predicted octanol–water partition coefficient (Wildman–Crippen LogP) is 6.58. The largest absolute Gasteiger partial charge is 0.417 e. The molecule has 2 heterocycles. The Morgan fingerprint density at radius 3 is 2.11 bits per heavy atom. The molecule has 0 unspecified atom stereocenters. The smallest absolute Gasteiger partial charge is 0.306 e. The summed E-state index contributed by atoms with van der Waals surface area (Å²) in [4.78, 5) is 21.8. The van der Waals surface area contributed by atoms with E-state index < -0.39 is 68.4 Å². The molecule has 45 heavy (non-hydrogen) atoms. The van der Waals surface area contributed by atoms with Gasteiger partial charge in [-0.3, -0.25) is 9.78 Å². The second-order valence-electron chi connectivity index (χ2n) is 9.77. The van der Waals surface area contributed by atoms with Crippen LogP contribution in [0.2, 0.25) is 0 Å². The molecule has 5 rings (SSSR count). The lowest BCUT2D eigenvalue weighted by Crippen LogP contribution is -2.15. The number of nitrogens with one attached hydrogen (secondary N) is 1. The van der Waals surface area contributed by atoms with Crippen molar-refractivity contribution in [3.05, 3.63) is 123 Å². The van der Waals surface area contributed by atoms with Gasteiger partial charge in [0.2, 0.25) is 10.0 Å². The summed E-state index contributed by atoms with van der Waals surface area (Å²) in [6, 6.07) is 16.1. The highest BCUT2D eigenvalue weighted by molar-refractivity contribution is 7.89. The van der Waals surface area contributed by atoms with E-state index in [1.807, 2.05) is 0 Å². The number of hydrogen-bond acceptors (Lipinski definition) is 5. The highest BCUT2D eigenvalue weighted by atomic mass is 32.2. The van der Waals surface area contributed by atoms with Crippen molar-refractivity contribution in [2.75, 3.05) is 0 Å². The summed E-state index contributed by atoms with van der Waals surface area (Å²) in [6.07, 6.45) is -9.80. The molecule has 2 aromatic heterocycles. The zero-order valence-electron chi connectivity index (χ0n) is 22.5. The zero-order valence-corrected chi connectivity index (χ0v) is 23.4. The number of nitrogens with zero attached hydrogens (tertiary/aromatic N) is 2. The molecule has 5 aromatic rings. The van der Waals surface area contributed by atoms with E-state index >= 15 is 4.39 Å². The van der Waals surface area contributed by atoms with Gasteiger partial charge >= 0.3 is 12.4 Å². The topological polar surface area (TPSA) is 119 Å². The van der Waals surface area contributed by atoms with Gasteiger partial charge in [0, 0.05) is 18.7 Å². The number of H-pyrrole nitrogens is 1. The van der Waals surface area contributed by atoms with Crippen molar-refractivity contribution in [2.24, 2.45) is 5.14 Å². The van der Waals surface area contributed by atoms with E-state index in [4.69, 9.17) is 5.14 Å². The molecule has 0 saturated heterocycles. The molecule has 0 aliphatic heterocycles. The summed E-state index contributed by atoms with van der Waals surface area (Å²) in [5.41, 5.74) is -4.52. The predicted molar refractivity (Wildman–Crippen MR) is 150 cm³/mol. The summed E-state index contributed by atoms with van der Waals surface area (Å²) < 4.78 is 122. The Morgan fingerprint density at radius 1 is 0.800 bits per heavy atom. The highest BCUT2D eigenvalue weighted by Gasteiger charge is 2.37. The van der Waals surface area contributed by atoms with Gasteiger partial charge in [-0.2, -0.15) is 26.3 Å². The second kappa shape index (κ2) is 11.6. The van der Waals surface area contributed by atoms with Crippen molar-refractivity contribution < 1.29 is 39.2 Å². The number of primary sulfonamides is 1. The van der Waals surface area contributed by atoms with Gasteiger partial charge in [0.1, 0.15) is 11.6 Å². The maximum absolute atomic E-state index is 16.2. The van der Waals surface area contributed by atoms with E-state index in [0.29, 0.717) is 29.5 Å². The number of nitrogens with two attached hydrogens (primary N) is 1. The molecule has 0 atom stereocenters. The molecular weight excluding hydrogens is 629 g/mol. The highest BCUT2D eigenvalue weighted by Crippen LogP contribution is 2.40. The standard InChI is InChI=1S/C30H19F7N4O3S/c31-27-17(12-18-13-20(45(38,43)44)8-9-21(18)16-4-2-1-3-5-16)6-10-22(30(35,36)37)26(27)28-40-24(14-25(42)41-28)23-11-7-19(15-39-23)29(32,33)34/h1-11,13-15H,12H2,(H2,38,43,44)(H,40,41,42). The molecule has 0 fully saturated rings. The number of hydrogen-bond donors (Lipinski definition) is 2. The van der Waals surface area contributed by atoms with Gasteiger partial charge < -0.3 is 4.98 Å². The summed E-state index contributed by atoms with van der Waals surface area (Å²) in [7, 11) is -4.21. The van der Waals surface area contributed by atoms with Crippen molar-refractivity contribution in [3.8, 4) is 33.9 Å². The molecule has 0 spiro atoms. The minimum atomic E-state index is -5.13. The third kappa shape index (κ3) is 6.78. The molecule has 0 aliphatic rings. The van der Waals surface area contributed by atoms with Crippen LogP contribution in [-0.4, -0.2) is 23.4 Å². The lowest BCUT2D eigenvalue weighted by atomic mass is 9.92. The van der Waals surface area contributed by atoms with Crippen molar-refractivity contribution >= 4 is 10.0 Å². The molecule has 0 radical (unpaired) electrons. The average Bonchev–Trinajstić information content (AvgIpc) is 2.96. The number of halogens is 7. The lowest BCUT2D eigenvalue weighted by Gasteiger charge is -2.17. The van der Waals surface area contributed by atoms with Crippen LogP contribution in [0.1, 0.15) is 22.3 Å². The Balaban J connectivity index is 1.68. The third-order valence-electron chi connectivity index (χ3n) is 6.73. The molecule has 0 saturated carbocycles. The van der Waals surface area contributed by atoms with Gasteiger partial charge in [-0.25, -0.2) is 22.9 Å². The van der Waals surface area contributed by atoms with Crippen LogP contribution in [-0.2, 0) is 28.8 Å². The number of aromatic amines is 1. The molecule has 0 bridgehead atoms. The van der Waals surface area contributed by atoms with Gasteiger partial charge in [0.15, 0.2) is 0 Å². The van der Waals surface area contributed by atoms with Crippen molar-refractivity contribution in [1.29, 1.82) is 0 Å². The van der Waals surface area contributed by atoms with Crippen molar-refractivity contribution in [2.45, 2.75) is 23.7 Å². The summed E-state index contributed by atoms with van der Waals surface area (Å²) in [5, 5.41) is 5.28. The molecule has 0 aliphatic carbocycles. The number of benzene rings is 3. The fraction of sp³-hybridized carbons (Fsp3) is 0.100. The van der Waals surface area contributed by atoms with E-state index in [-0.39, 0.29) is 21.7 Å². The van der Waals surface area contributed by atoms with Crippen molar-refractivity contribution in [3.63, 3.8) is 0 Å². The summed E-state index contributed by atoms with van der Waals surface area (Å²) in [6.45, 7) is 0. The molecule has 0 amide bonds. The number of sulfonamides is 1. The van der Waals surface area contributed by atoms with Gasteiger partial charge in [-0.15, -0.1) is 0 Å². The first kappa shape index (κ1) is 31.5. The SMILES string of the molecule is NS(=O)(=O)c1ccc(-c2ccccc2)c(Cc2ccc(C(F)(F)F)c(-c3nc(-c4ccc(C(F)(F)F)cn4)cc(=O)[nH]3)c2F)c1. The summed E-state index contributed by atoms with van der Waals surface area (Å²) in [5.74, 6) is -2.28. The number of alkyl halides is 6. The van der Waals surface area contributed by atoms with Gasteiger partial charge in [-0.05, 0) is 52.6 Å². The minimum absolute atomic E-state index is 0.210. The first-order chi connectivity index (χ1) is 21.0. The van der Waals surface area contributed by atoms with Crippen LogP contribution in [0.25, 0.3) is 33.9 Å². The normalized spacial score (nSPS) is 12.4. The van der Waals surface area contributed by atoms with E-state index in [2.05, 4.69) is 15.0 Å². The van der Waals surface area contributed by atoms with Gasteiger partial charge in [0.25, 0.3) is 5.56 Å². The first-order valence-corrected chi connectivity index (χ1v) is 14.3. The second-order valence-corrected chi connectivity index (χ2v) is 11.3. The van der Waals surface area contributed by atoms with Crippen LogP contribution in [0.15, 0.2) is 94.7 Å². The Kier molecular flexibility index (Phi) is 8.10. The van der Waals surface area contributed by atoms with Crippen LogP contribution in [0.5, 0.6) is 0 Å². The van der Waals surface area contributed by atoms with E-state index in [1.54, 1.807) is 30.3 Å². The molecule has 3 N–H and O–H groups in total. The fourth-order valence-electron chi connectivity index (χ4n) is 4.64. The van der Waals surface area contributed by atoms with Crippen molar-refractivity contribution in [1.82, 2.24) is 15.0 Å². The van der Waals surface area contributed by atoms with E-state index in [9.17, 15) is 39.6 Å². The molecular formula is C30H19F7N4O3S. The monoisotopic (exact) mass is 648 g/mol. The number of rotatable bonds is 6. The quantitative estimate of drug-likeness (QED) is 0.202. The molecule has 7 nitrogen and oxygen atoms in total. The van der Waals surface area contributed by atoms with Crippen LogP contribution in [0.3, 0.4) is 0 Å².